The number of hydrogen-bond acceptors (Lipinski definition) is 6. The Balaban J connectivity index is 1.58. The summed E-state index contributed by atoms with van der Waals surface area (Å²) in [7, 11) is 0. The molecule has 0 unspecified atom stereocenters. The Morgan fingerprint density at radius 1 is 1.15 bits per heavy atom. The average Bonchev–Trinajstić information content (AvgIpc) is 3.01. The molecule has 27 heavy (non-hydrogen) atoms. The first kappa shape index (κ1) is 17.9. The van der Waals surface area contributed by atoms with Gasteiger partial charge in [-0.3, -0.25) is 4.79 Å². The van der Waals surface area contributed by atoms with Gasteiger partial charge in [-0.15, -0.1) is 11.3 Å². The lowest BCUT2D eigenvalue weighted by atomic mass is 10.1. The van der Waals surface area contributed by atoms with Crippen LogP contribution in [-0.4, -0.2) is 26.6 Å². The summed E-state index contributed by atoms with van der Waals surface area (Å²) in [5.41, 5.74) is 5.03. The smallest absolute Gasteiger partial charge is 0.234 e. The summed E-state index contributed by atoms with van der Waals surface area (Å²) < 4.78 is 0.988. The van der Waals surface area contributed by atoms with Crippen LogP contribution in [0.15, 0.2) is 41.7 Å². The van der Waals surface area contributed by atoms with E-state index in [-0.39, 0.29) is 5.91 Å². The van der Waals surface area contributed by atoms with E-state index in [1.807, 2.05) is 38.1 Å². The van der Waals surface area contributed by atoms with Gasteiger partial charge in [-0.2, -0.15) is 0 Å². The summed E-state index contributed by atoms with van der Waals surface area (Å²) in [6.45, 7) is 6.09. The van der Waals surface area contributed by atoms with Gasteiger partial charge in [0.1, 0.15) is 16.2 Å². The van der Waals surface area contributed by atoms with Gasteiger partial charge in [-0.05, 0) is 44.5 Å². The molecule has 0 aliphatic rings. The Bertz CT molecular complexity index is 1150. The highest BCUT2D eigenvalue weighted by atomic mass is 32.2. The van der Waals surface area contributed by atoms with E-state index in [4.69, 9.17) is 0 Å². The van der Waals surface area contributed by atoms with Gasteiger partial charge in [-0.1, -0.05) is 29.5 Å². The van der Waals surface area contributed by atoms with Crippen molar-refractivity contribution >= 4 is 55.1 Å². The first-order valence-electron chi connectivity index (χ1n) is 8.52. The summed E-state index contributed by atoms with van der Waals surface area (Å²) in [6.07, 6.45) is 1.56. The molecule has 1 amide bonds. The quantitative estimate of drug-likeness (QED) is 0.394. The van der Waals surface area contributed by atoms with Crippen LogP contribution in [0.25, 0.3) is 20.4 Å². The van der Waals surface area contributed by atoms with E-state index in [1.54, 1.807) is 17.7 Å². The lowest BCUT2D eigenvalue weighted by Crippen LogP contribution is -2.14. The number of fused-ring (bicyclic) bond motifs is 3. The molecule has 4 aromatic rings. The second-order valence-electron chi connectivity index (χ2n) is 6.42. The van der Waals surface area contributed by atoms with E-state index in [0.29, 0.717) is 5.75 Å². The van der Waals surface area contributed by atoms with Gasteiger partial charge >= 0.3 is 0 Å². The SMILES string of the molecule is Cc1ccc(NC(=O)CSc2ncnc3c2sc2nc(C)cc(C)c23)cc1. The number of thiophene rings is 1. The molecule has 3 heterocycles. The fourth-order valence-corrected chi connectivity index (χ4v) is 5.08. The molecule has 0 radical (unpaired) electrons. The Hall–Kier alpha value is -2.51. The molecule has 0 bridgehead atoms. The molecular weight excluding hydrogens is 376 g/mol. The molecule has 1 N–H and O–H groups in total. The molecule has 136 valence electrons. The number of pyridine rings is 1. The lowest BCUT2D eigenvalue weighted by Gasteiger charge is -2.05. The molecule has 0 atom stereocenters. The van der Waals surface area contributed by atoms with Gasteiger partial charge in [0.25, 0.3) is 0 Å². The van der Waals surface area contributed by atoms with Gasteiger partial charge in [0.05, 0.1) is 16.0 Å². The van der Waals surface area contributed by atoms with Crippen LogP contribution in [0.2, 0.25) is 0 Å². The van der Waals surface area contributed by atoms with Crippen LogP contribution in [0.3, 0.4) is 0 Å². The number of aryl methyl sites for hydroxylation is 3. The molecule has 7 heteroatoms. The van der Waals surface area contributed by atoms with Crippen molar-refractivity contribution < 1.29 is 4.79 Å². The van der Waals surface area contributed by atoms with E-state index in [9.17, 15) is 4.79 Å². The van der Waals surface area contributed by atoms with Crippen molar-refractivity contribution in [3.05, 3.63) is 53.5 Å². The van der Waals surface area contributed by atoms with Gasteiger partial charge in [-0.25, -0.2) is 15.0 Å². The molecule has 3 aromatic heterocycles. The third-order valence-electron chi connectivity index (χ3n) is 4.19. The topological polar surface area (TPSA) is 67.8 Å². The van der Waals surface area contributed by atoms with Crippen LogP contribution in [0.1, 0.15) is 16.8 Å². The summed E-state index contributed by atoms with van der Waals surface area (Å²) >= 11 is 3.01. The average molecular weight is 395 g/mol. The maximum absolute atomic E-state index is 12.3. The summed E-state index contributed by atoms with van der Waals surface area (Å²) in [6, 6.07) is 9.84. The fourth-order valence-electron chi connectivity index (χ4n) is 2.96. The van der Waals surface area contributed by atoms with Crippen molar-refractivity contribution in [2.75, 3.05) is 11.1 Å². The van der Waals surface area contributed by atoms with E-state index in [2.05, 4.69) is 33.3 Å². The normalized spacial score (nSPS) is 11.2. The fraction of sp³-hybridized carbons (Fsp3) is 0.200. The van der Waals surface area contributed by atoms with E-state index in [1.165, 1.54) is 11.8 Å². The number of nitrogens with zero attached hydrogens (tertiary/aromatic N) is 3. The Labute approximate surface area is 165 Å². The van der Waals surface area contributed by atoms with Crippen LogP contribution in [-0.2, 0) is 4.79 Å². The number of hydrogen-bond donors (Lipinski definition) is 1. The zero-order valence-electron chi connectivity index (χ0n) is 15.2. The van der Waals surface area contributed by atoms with Crippen LogP contribution < -0.4 is 5.32 Å². The van der Waals surface area contributed by atoms with E-state index >= 15 is 0 Å². The third kappa shape index (κ3) is 3.65. The second-order valence-corrected chi connectivity index (χ2v) is 8.39. The summed E-state index contributed by atoms with van der Waals surface area (Å²) in [5, 5.41) is 4.81. The molecule has 5 nitrogen and oxygen atoms in total. The number of carbonyl (C=O) groups is 1. The maximum atomic E-state index is 12.3. The summed E-state index contributed by atoms with van der Waals surface area (Å²) in [5.74, 6) is 0.238. The van der Waals surface area contributed by atoms with Gasteiger partial charge < -0.3 is 5.32 Å². The number of aromatic nitrogens is 3. The number of thioether (sulfide) groups is 1. The van der Waals surface area contributed by atoms with E-state index < -0.39 is 0 Å². The zero-order valence-corrected chi connectivity index (χ0v) is 16.9. The van der Waals surface area contributed by atoms with Crippen molar-refractivity contribution in [3.8, 4) is 0 Å². The van der Waals surface area contributed by atoms with Crippen LogP contribution >= 0.6 is 23.1 Å². The number of anilines is 1. The zero-order chi connectivity index (χ0) is 19.0. The third-order valence-corrected chi connectivity index (χ3v) is 6.39. The van der Waals surface area contributed by atoms with Crippen molar-refractivity contribution in [3.63, 3.8) is 0 Å². The molecular formula is C20H18N4OS2. The standard InChI is InChI=1S/C20H18N4OS2/c1-11-4-6-14(7-5-11)24-15(25)9-26-20-18-17(21-10-22-20)16-12(2)8-13(3)23-19(16)27-18/h4-8,10H,9H2,1-3H3,(H,24,25). The minimum absolute atomic E-state index is 0.0538. The van der Waals surface area contributed by atoms with Crippen LogP contribution in [0, 0.1) is 20.8 Å². The predicted octanol–water partition coefficient (Wildman–Crippen LogP) is 4.90. The highest BCUT2D eigenvalue weighted by Gasteiger charge is 2.15. The molecule has 0 saturated heterocycles. The van der Waals surface area contributed by atoms with Crippen LogP contribution in [0.4, 0.5) is 5.69 Å². The minimum Gasteiger partial charge on any atom is -0.325 e. The Morgan fingerprint density at radius 3 is 2.70 bits per heavy atom. The highest BCUT2D eigenvalue weighted by molar-refractivity contribution is 8.00. The molecule has 1 aromatic carbocycles. The predicted molar refractivity (Wildman–Crippen MR) is 113 cm³/mol. The van der Waals surface area contributed by atoms with Gasteiger partial charge in [0, 0.05) is 16.8 Å². The number of carbonyl (C=O) groups excluding carboxylic acids is 1. The number of benzene rings is 1. The molecule has 0 saturated carbocycles. The Morgan fingerprint density at radius 2 is 1.93 bits per heavy atom. The second kappa shape index (κ2) is 7.25. The van der Waals surface area contributed by atoms with Crippen LogP contribution in [0.5, 0.6) is 0 Å². The first-order chi connectivity index (χ1) is 13.0. The number of nitrogens with one attached hydrogen (secondary N) is 1. The molecule has 0 fully saturated rings. The number of rotatable bonds is 4. The van der Waals surface area contributed by atoms with Crippen molar-refractivity contribution in [1.29, 1.82) is 0 Å². The van der Waals surface area contributed by atoms with Gasteiger partial charge in [0.2, 0.25) is 5.91 Å². The monoisotopic (exact) mass is 394 g/mol. The number of amides is 1. The molecule has 4 rings (SSSR count). The minimum atomic E-state index is -0.0538. The first-order valence-corrected chi connectivity index (χ1v) is 10.3. The summed E-state index contributed by atoms with van der Waals surface area (Å²) in [4.78, 5) is 26.8. The molecule has 0 spiro atoms. The largest absolute Gasteiger partial charge is 0.325 e. The van der Waals surface area contributed by atoms with Crippen molar-refractivity contribution in [2.24, 2.45) is 0 Å². The van der Waals surface area contributed by atoms with E-state index in [0.717, 1.165) is 48.0 Å². The molecule has 0 aliphatic heterocycles. The highest BCUT2D eigenvalue weighted by Crippen LogP contribution is 2.37. The van der Waals surface area contributed by atoms with Crippen molar-refractivity contribution in [2.45, 2.75) is 25.8 Å². The lowest BCUT2D eigenvalue weighted by molar-refractivity contribution is -0.113. The van der Waals surface area contributed by atoms with Crippen molar-refractivity contribution in [1.82, 2.24) is 15.0 Å². The Kier molecular flexibility index (Phi) is 4.80. The van der Waals surface area contributed by atoms with Gasteiger partial charge in [0.15, 0.2) is 0 Å². The maximum Gasteiger partial charge on any atom is 0.234 e. The molecule has 0 aliphatic carbocycles.